The third-order valence-electron chi connectivity index (χ3n) is 7.85. The van der Waals surface area contributed by atoms with Gasteiger partial charge >= 0.3 is 11.4 Å². The molecule has 11 heteroatoms. The Morgan fingerprint density at radius 1 is 0.592 bits per heavy atom. The van der Waals surface area contributed by atoms with Crippen LogP contribution in [0.3, 0.4) is 0 Å². The van der Waals surface area contributed by atoms with E-state index in [9.17, 15) is 33.6 Å². The van der Waals surface area contributed by atoms with Crippen molar-refractivity contribution in [1.29, 1.82) is 0 Å². The Kier molecular flexibility index (Phi) is 11.2. The van der Waals surface area contributed by atoms with Crippen molar-refractivity contribution in [1.82, 2.24) is 19.5 Å². The van der Waals surface area contributed by atoms with E-state index in [1.54, 1.807) is 68.4 Å². The van der Waals surface area contributed by atoms with Gasteiger partial charge in [-0.25, -0.2) is 9.59 Å². The van der Waals surface area contributed by atoms with E-state index in [4.69, 9.17) is 0 Å². The highest BCUT2D eigenvalue weighted by Gasteiger charge is 2.24. The van der Waals surface area contributed by atoms with Crippen LogP contribution in [0.5, 0.6) is 0 Å². The van der Waals surface area contributed by atoms with Gasteiger partial charge in [-0.05, 0) is 64.8 Å². The number of nitrogens with zero attached hydrogens (tertiary/aromatic N) is 1. The predicted octanol–water partition coefficient (Wildman–Crippen LogP) is 4.30. The molecule has 0 aliphatic carbocycles. The fourth-order valence-electron chi connectivity index (χ4n) is 5.75. The van der Waals surface area contributed by atoms with E-state index in [1.165, 1.54) is 0 Å². The number of carbonyl (C=O) groups excluding carboxylic acids is 3. The molecule has 0 aliphatic heterocycles. The summed E-state index contributed by atoms with van der Waals surface area (Å²) in [5.41, 5.74) is 2.95. The minimum absolute atomic E-state index is 0.0319. The molecule has 0 fully saturated rings. The number of rotatable bonds is 9. The maximum absolute atomic E-state index is 13.3. The van der Waals surface area contributed by atoms with Gasteiger partial charge in [-0.15, -0.1) is 0 Å². The summed E-state index contributed by atoms with van der Waals surface area (Å²) in [5, 5.41) is 0. The molecule has 252 valence electrons. The molecule has 0 amide bonds. The molecule has 0 bridgehead atoms. The summed E-state index contributed by atoms with van der Waals surface area (Å²) < 4.78 is 1.08. The molecule has 3 N–H and O–H groups in total. The fraction of sp³-hybridized carbons (Fsp3) is 0.237. The lowest BCUT2D eigenvalue weighted by molar-refractivity contribution is 0.0963. The van der Waals surface area contributed by atoms with Gasteiger partial charge in [-0.2, -0.15) is 0 Å². The van der Waals surface area contributed by atoms with Crippen LogP contribution in [0.15, 0.2) is 85.9 Å². The molecular formula is C38H38N4O7. The summed E-state index contributed by atoms with van der Waals surface area (Å²) in [7, 11) is 0. The standard InChI is InChI=1S/C23H22N2O4.C15H16N2O3/c1-4-18-20(21(27)17-11-14(2)10-15(3)12-17)25(23(29)24-22(18)28)13-19(26)16-8-6-5-7-9-16;1-4-11-12(16-15(20)17-14(11)19)13(18)10-6-8(2)5-9(3)7-10/h5-12H,4,13H2,1-3H3,(H,24,28,29);5-7H,4H2,1-3H3,(H2,16,17,19,20). The average Bonchev–Trinajstić information content (AvgIpc) is 3.04. The maximum Gasteiger partial charge on any atom is 0.329 e. The van der Waals surface area contributed by atoms with Crippen LogP contribution in [0.2, 0.25) is 0 Å². The molecule has 3 aromatic carbocycles. The first-order valence-electron chi connectivity index (χ1n) is 15.8. The fourth-order valence-corrected chi connectivity index (χ4v) is 5.75. The van der Waals surface area contributed by atoms with E-state index < -0.39 is 28.3 Å². The predicted molar refractivity (Wildman–Crippen MR) is 187 cm³/mol. The normalized spacial score (nSPS) is 10.7. The number of H-pyrrole nitrogens is 3. The molecular weight excluding hydrogens is 624 g/mol. The molecule has 5 rings (SSSR count). The molecule has 0 spiro atoms. The van der Waals surface area contributed by atoms with Crippen molar-refractivity contribution >= 4 is 17.3 Å². The van der Waals surface area contributed by atoms with E-state index in [0.717, 1.165) is 26.8 Å². The Hall–Kier alpha value is -5.97. The lowest BCUT2D eigenvalue weighted by atomic mass is 9.99. The monoisotopic (exact) mass is 662 g/mol. The number of aromatic nitrogens is 4. The van der Waals surface area contributed by atoms with Crippen LogP contribution in [-0.2, 0) is 19.4 Å². The number of hydrogen-bond acceptors (Lipinski definition) is 7. The number of ketones is 3. The van der Waals surface area contributed by atoms with Crippen molar-refractivity contribution in [2.75, 3.05) is 0 Å². The van der Waals surface area contributed by atoms with Crippen molar-refractivity contribution < 1.29 is 14.4 Å². The van der Waals surface area contributed by atoms with E-state index in [-0.39, 0.29) is 41.5 Å². The second-order valence-electron chi connectivity index (χ2n) is 11.8. The molecule has 0 radical (unpaired) electrons. The Bertz CT molecular complexity index is 2270. The van der Waals surface area contributed by atoms with Gasteiger partial charge in [-0.3, -0.25) is 38.5 Å². The van der Waals surface area contributed by atoms with Crippen molar-refractivity contribution in [2.45, 2.75) is 60.9 Å². The Morgan fingerprint density at radius 3 is 1.59 bits per heavy atom. The lowest BCUT2D eigenvalue weighted by Gasteiger charge is -2.15. The molecule has 0 saturated heterocycles. The molecule has 2 aromatic heterocycles. The van der Waals surface area contributed by atoms with Crippen molar-refractivity contribution in [3.63, 3.8) is 0 Å². The maximum atomic E-state index is 13.3. The molecule has 2 heterocycles. The highest BCUT2D eigenvalue weighted by atomic mass is 16.2. The number of benzene rings is 3. The first-order chi connectivity index (χ1) is 23.2. The van der Waals surface area contributed by atoms with Gasteiger partial charge in [0.2, 0.25) is 11.6 Å². The highest BCUT2D eigenvalue weighted by Crippen LogP contribution is 2.17. The van der Waals surface area contributed by atoms with Crippen LogP contribution in [0.1, 0.15) is 89.7 Å². The Balaban J connectivity index is 0.000000237. The molecule has 0 saturated carbocycles. The number of hydrogen-bond donors (Lipinski definition) is 3. The topological polar surface area (TPSA) is 172 Å². The highest BCUT2D eigenvalue weighted by molar-refractivity contribution is 6.09. The number of Topliss-reactive ketones (excluding diaryl/α,β-unsaturated/α-hetero) is 1. The number of carbonyl (C=O) groups is 3. The van der Waals surface area contributed by atoms with E-state index >= 15 is 0 Å². The molecule has 11 nitrogen and oxygen atoms in total. The van der Waals surface area contributed by atoms with E-state index in [0.29, 0.717) is 28.7 Å². The number of aryl methyl sites for hydroxylation is 4. The summed E-state index contributed by atoms with van der Waals surface area (Å²) >= 11 is 0. The minimum Gasteiger partial charge on any atom is -0.304 e. The first kappa shape index (κ1) is 35.9. The van der Waals surface area contributed by atoms with Crippen LogP contribution in [-0.4, -0.2) is 36.9 Å². The second-order valence-corrected chi connectivity index (χ2v) is 11.8. The van der Waals surface area contributed by atoms with E-state index in [2.05, 4.69) is 15.0 Å². The summed E-state index contributed by atoms with van der Waals surface area (Å²) in [6.07, 6.45) is 0.624. The zero-order chi connectivity index (χ0) is 36.0. The van der Waals surface area contributed by atoms with Gasteiger partial charge in [0.15, 0.2) is 5.78 Å². The number of nitrogens with one attached hydrogen (secondary N) is 3. The third-order valence-corrected chi connectivity index (χ3v) is 7.85. The van der Waals surface area contributed by atoms with Crippen LogP contribution >= 0.6 is 0 Å². The summed E-state index contributed by atoms with van der Waals surface area (Å²) in [6.45, 7) is 10.7. The minimum atomic E-state index is -0.774. The summed E-state index contributed by atoms with van der Waals surface area (Å²) in [4.78, 5) is 93.4. The largest absolute Gasteiger partial charge is 0.329 e. The van der Waals surface area contributed by atoms with Gasteiger partial charge in [0.05, 0.1) is 12.2 Å². The molecule has 0 unspecified atom stereocenters. The van der Waals surface area contributed by atoms with Crippen LogP contribution in [0.4, 0.5) is 0 Å². The molecule has 5 aromatic rings. The van der Waals surface area contributed by atoms with Gasteiger partial charge in [0.25, 0.3) is 11.1 Å². The third kappa shape index (κ3) is 8.31. The quantitative estimate of drug-likeness (QED) is 0.198. The summed E-state index contributed by atoms with van der Waals surface area (Å²) in [6, 6.07) is 19.3. The van der Waals surface area contributed by atoms with Crippen LogP contribution in [0, 0.1) is 27.7 Å². The lowest BCUT2D eigenvalue weighted by Crippen LogP contribution is -2.38. The van der Waals surface area contributed by atoms with Gasteiger partial charge in [0, 0.05) is 27.8 Å². The zero-order valence-corrected chi connectivity index (χ0v) is 28.3. The summed E-state index contributed by atoms with van der Waals surface area (Å²) in [5.74, 6) is -1.11. The molecule has 0 aliphatic rings. The van der Waals surface area contributed by atoms with Crippen molar-refractivity contribution in [2.24, 2.45) is 0 Å². The molecule has 49 heavy (non-hydrogen) atoms. The van der Waals surface area contributed by atoms with Gasteiger partial charge < -0.3 is 4.98 Å². The molecule has 0 atom stereocenters. The zero-order valence-electron chi connectivity index (χ0n) is 28.3. The second kappa shape index (κ2) is 15.3. The van der Waals surface area contributed by atoms with Crippen molar-refractivity contribution in [3.8, 4) is 0 Å². The SMILES string of the molecule is CCc1c(C(=O)c2cc(C)cc(C)c2)[nH]c(=O)[nH]c1=O.CCc1c(C(=O)c2cc(C)cc(C)c2)n(CC(=O)c2ccccc2)c(=O)[nH]c1=O. The average molecular weight is 663 g/mol. The van der Waals surface area contributed by atoms with Gasteiger partial charge in [0.1, 0.15) is 5.69 Å². The van der Waals surface area contributed by atoms with Gasteiger partial charge in [-0.1, -0.05) is 78.6 Å². The Labute approximate surface area is 281 Å². The number of aromatic amines is 3. The Morgan fingerprint density at radius 2 is 1.08 bits per heavy atom. The first-order valence-corrected chi connectivity index (χ1v) is 15.8. The van der Waals surface area contributed by atoms with Crippen LogP contribution in [0.25, 0.3) is 0 Å². The van der Waals surface area contributed by atoms with E-state index in [1.807, 2.05) is 39.8 Å². The smallest absolute Gasteiger partial charge is 0.304 e. The van der Waals surface area contributed by atoms with Crippen molar-refractivity contribution in [3.05, 3.63) is 170 Å². The van der Waals surface area contributed by atoms with Crippen LogP contribution < -0.4 is 22.5 Å².